The zero-order valence-electron chi connectivity index (χ0n) is 11.5. The maximum Gasteiger partial charge on any atom is 0.147 e. The van der Waals surface area contributed by atoms with Gasteiger partial charge in [-0.2, -0.15) is 0 Å². The minimum absolute atomic E-state index is 0.728. The fourth-order valence-corrected chi connectivity index (χ4v) is 2.66. The first-order chi connectivity index (χ1) is 9.88. The third-order valence-corrected chi connectivity index (χ3v) is 4.08. The molecule has 1 fully saturated rings. The Hall–Kier alpha value is -1.66. The monoisotopic (exact) mass is 273 g/mol. The summed E-state index contributed by atoms with van der Waals surface area (Å²) in [5.74, 6) is 2.12. The topological polar surface area (TPSA) is 59.1 Å². The van der Waals surface area contributed by atoms with Crippen molar-refractivity contribution in [1.29, 1.82) is 0 Å². The highest BCUT2D eigenvalue weighted by Crippen LogP contribution is 2.21. The summed E-state index contributed by atoms with van der Waals surface area (Å²) in [4.78, 5) is 2.36. The highest BCUT2D eigenvalue weighted by Gasteiger charge is 2.22. The minimum Gasteiger partial charge on any atom is -0.468 e. The van der Waals surface area contributed by atoms with E-state index in [1.54, 1.807) is 6.26 Å². The van der Waals surface area contributed by atoms with Crippen molar-refractivity contribution in [1.82, 2.24) is 25.0 Å². The molecule has 4 rings (SSSR count). The fourth-order valence-electron chi connectivity index (χ4n) is 2.66. The van der Waals surface area contributed by atoms with Gasteiger partial charge in [-0.1, -0.05) is 0 Å². The van der Waals surface area contributed by atoms with Crippen molar-refractivity contribution in [3.63, 3.8) is 0 Å². The van der Waals surface area contributed by atoms with Gasteiger partial charge in [-0.15, -0.1) is 10.2 Å². The number of hydrogen-bond acceptors (Lipinski definition) is 5. The van der Waals surface area contributed by atoms with Gasteiger partial charge in [-0.05, 0) is 18.9 Å². The quantitative estimate of drug-likeness (QED) is 0.885. The predicted molar refractivity (Wildman–Crippen MR) is 72.7 cm³/mol. The Labute approximate surface area is 117 Å². The Kier molecular flexibility index (Phi) is 3.05. The third kappa shape index (κ3) is 2.48. The second kappa shape index (κ2) is 5.03. The molecule has 6 heteroatoms. The van der Waals surface area contributed by atoms with E-state index >= 15 is 0 Å². The van der Waals surface area contributed by atoms with E-state index in [4.69, 9.17) is 4.42 Å². The van der Waals surface area contributed by atoms with E-state index < -0.39 is 0 Å². The van der Waals surface area contributed by atoms with Gasteiger partial charge in [0.15, 0.2) is 0 Å². The molecule has 1 N–H and O–H groups in total. The standard InChI is InChI=1S/C14H19N5O/c1-2-12(1)15-7-11-3-6-20-13(11)8-18-4-5-19-10-16-17-14(19)9-18/h3,6,10,12,15H,1-2,4-5,7-9H2. The molecule has 2 aliphatic rings. The van der Waals surface area contributed by atoms with Crippen LogP contribution in [0.1, 0.15) is 30.0 Å². The zero-order valence-corrected chi connectivity index (χ0v) is 11.5. The van der Waals surface area contributed by atoms with Gasteiger partial charge in [0.25, 0.3) is 0 Å². The lowest BCUT2D eigenvalue weighted by Crippen LogP contribution is -2.33. The summed E-state index contributed by atoms with van der Waals surface area (Å²) in [5.41, 5.74) is 1.28. The van der Waals surface area contributed by atoms with Crippen molar-refractivity contribution < 1.29 is 4.42 Å². The first-order valence-corrected chi connectivity index (χ1v) is 7.26. The molecule has 106 valence electrons. The van der Waals surface area contributed by atoms with Gasteiger partial charge in [-0.25, -0.2) is 0 Å². The Morgan fingerprint density at radius 3 is 3.20 bits per heavy atom. The minimum atomic E-state index is 0.728. The van der Waals surface area contributed by atoms with E-state index in [9.17, 15) is 0 Å². The average molecular weight is 273 g/mol. The molecule has 6 nitrogen and oxygen atoms in total. The van der Waals surface area contributed by atoms with Crippen LogP contribution in [0.2, 0.25) is 0 Å². The van der Waals surface area contributed by atoms with E-state index in [0.29, 0.717) is 0 Å². The lowest BCUT2D eigenvalue weighted by Gasteiger charge is -2.26. The van der Waals surface area contributed by atoms with Gasteiger partial charge in [-0.3, -0.25) is 4.90 Å². The average Bonchev–Trinajstić information content (AvgIpc) is 2.99. The normalized spacial score (nSPS) is 19.2. The summed E-state index contributed by atoms with van der Waals surface area (Å²) in [6, 6.07) is 2.81. The molecule has 0 atom stereocenters. The molecular weight excluding hydrogens is 254 g/mol. The molecule has 2 aromatic heterocycles. The van der Waals surface area contributed by atoms with Gasteiger partial charge >= 0.3 is 0 Å². The third-order valence-electron chi connectivity index (χ3n) is 4.08. The molecule has 0 saturated heterocycles. The summed E-state index contributed by atoms with van der Waals surface area (Å²) in [5, 5.41) is 11.7. The molecule has 1 saturated carbocycles. The molecule has 1 aliphatic carbocycles. The van der Waals surface area contributed by atoms with E-state index in [1.807, 2.05) is 6.33 Å². The summed E-state index contributed by atoms with van der Waals surface area (Å²) < 4.78 is 7.78. The van der Waals surface area contributed by atoms with E-state index in [1.165, 1.54) is 18.4 Å². The van der Waals surface area contributed by atoms with Crippen LogP contribution in [0.4, 0.5) is 0 Å². The van der Waals surface area contributed by atoms with Crippen molar-refractivity contribution in [2.75, 3.05) is 6.54 Å². The van der Waals surface area contributed by atoms with Crippen LogP contribution < -0.4 is 5.32 Å². The number of nitrogens with one attached hydrogen (secondary N) is 1. The Bertz CT molecular complexity index is 586. The first kappa shape index (κ1) is 12.1. The summed E-state index contributed by atoms with van der Waals surface area (Å²) in [7, 11) is 0. The maximum absolute atomic E-state index is 5.67. The highest BCUT2D eigenvalue weighted by molar-refractivity contribution is 5.17. The van der Waals surface area contributed by atoms with Crippen LogP contribution in [-0.2, 0) is 26.2 Å². The van der Waals surface area contributed by atoms with E-state index in [-0.39, 0.29) is 0 Å². The van der Waals surface area contributed by atoms with Gasteiger partial charge in [0.1, 0.15) is 17.9 Å². The Balaban J connectivity index is 1.40. The highest BCUT2D eigenvalue weighted by atomic mass is 16.3. The molecule has 2 aromatic rings. The molecule has 0 unspecified atom stereocenters. The number of rotatable bonds is 5. The number of aromatic nitrogens is 3. The number of furan rings is 1. The van der Waals surface area contributed by atoms with Gasteiger partial charge in [0, 0.05) is 31.2 Å². The van der Waals surface area contributed by atoms with Gasteiger partial charge < -0.3 is 14.3 Å². The molecule has 20 heavy (non-hydrogen) atoms. The lowest BCUT2D eigenvalue weighted by atomic mass is 10.2. The molecule has 1 aliphatic heterocycles. The molecule has 3 heterocycles. The number of hydrogen-bond donors (Lipinski definition) is 1. The second-order valence-corrected chi connectivity index (χ2v) is 5.68. The van der Waals surface area contributed by atoms with Crippen LogP contribution in [0.5, 0.6) is 0 Å². The molecular formula is C14H19N5O. The van der Waals surface area contributed by atoms with Crippen molar-refractivity contribution in [2.45, 2.75) is 45.1 Å². The smallest absolute Gasteiger partial charge is 0.147 e. The van der Waals surface area contributed by atoms with Crippen LogP contribution in [-0.4, -0.2) is 32.3 Å². The van der Waals surface area contributed by atoms with E-state index in [2.05, 4.69) is 31.0 Å². The van der Waals surface area contributed by atoms with Crippen LogP contribution in [0.15, 0.2) is 23.1 Å². The van der Waals surface area contributed by atoms with Crippen molar-refractivity contribution in [3.05, 3.63) is 35.8 Å². The summed E-state index contributed by atoms with van der Waals surface area (Å²) in [6.45, 7) is 4.58. The van der Waals surface area contributed by atoms with E-state index in [0.717, 1.165) is 50.4 Å². The number of nitrogens with zero attached hydrogens (tertiary/aromatic N) is 4. The predicted octanol–water partition coefficient (Wildman–Crippen LogP) is 1.14. The van der Waals surface area contributed by atoms with Crippen LogP contribution in [0.3, 0.4) is 0 Å². The van der Waals surface area contributed by atoms with Gasteiger partial charge in [0.05, 0.1) is 19.4 Å². The molecule has 0 spiro atoms. The molecule has 0 bridgehead atoms. The summed E-state index contributed by atoms with van der Waals surface area (Å²) in [6.07, 6.45) is 6.24. The zero-order chi connectivity index (χ0) is 13.4. The van der Waals surface area contributed by atoms with Crippen molar-refractivity contribution in [2.24, 2.45) is 0 Å². The second-order valence-electron chi connectivity index (χ2n) is 5.68. The molecule has 0 radical (unpaired) electrons. The summed E-state index contributed by atoms with van der Waals surface area (Å²) >= 11 is 0. The number of fused-ring (bicyclic) bond motifs is 1. The first-order valence-electron chi connectivity index (χ1n) is 7.26. The maximum atomic E-state index is 5.67. The van der Waals surface area contributed by atoms with Gasteiger partial charge in [0.2, 0.25) is 0 Å². The Morgan fingerprint density at radius 1 is 1.35 bits per heavy atom. The van der Waals surface area contributed by atoms with Crippen LogP contribution in [0, 0.1) is 0 Å². The van der Waals surface area contributed by atoms with Crippen molar-refractivity contribution >= 4 is 0 Å². The van der Waals surface area contributed by atoms with Crippen LogP contribution >= 0.6 is 0 Å². The van der Waals surface area contributed by atoms with Crippen LogP contribution in [0.25, 0.3) is 0 Å². The SMILES string of the molecule is c1cc(CNC2CC2)c(CN2CCn3cnnc3C2)o1. The molecule has 0 amide bonds. The fraction of sp³-hybridized carbons (Fsp3) is 0.571. The largest absolute Gasteiger partial charge is 0.468 e. The molecule has 0 aromatic carbocycles. The lowest BCUT2D eigenvalue weighted by molar-refractivity contribution is 0.193. The Morgan fingerprint density at radius 2 is 2.30 bits per heavy atom. The van der Waals surface area contributed by atoms with Crippen molar-refractivity contribution in [3.8, 4) is 0 Å².